The third kappa shape index (κ3) is 3.89. The fourth-order valence-electron chi connectivity index (χ4n) is 3.62. The minimum Gasteiger partial charge on any atom is -0.507 e. The third-order valence-corrected chi connectivity index (χ3v) is 4.84. The van der Waals surface area contributed by atoms with Gasteiger partial charge in [-0.2, -0.15) is 0 Å². The van der Waals surface area contributed by atoms with Gasteiger partial charge < -0.3 is 29.7 Å². The maximum absolute atomic E-state index is 12.8. The Morgan fingerprint density at radius 2 is 1.67 bits per heavy atom. The molecule has 30 heavy (non-hydrogen) atoms. The van der Waals surface area contributed by atoms with Crippen molar-refractivity contribution in [3.8, 4) is 23.0 Å². The molecule has 1 atom stereocenters. The van der Waals surface area contributed by atoms with Crippen LogP contribution in [-0.4, -0.2) is 33.9 Å². The lowest BCUT2D eigenvalue weighted by Crippen LogP contribution is -2.21. The fourth-order valence-corrected chi connectivity index (χ4v) is 3.62. The van der Waals surface area contributed by atoms with Crippen LogP contribution >= 0.6 is 0 Å². The number of benzene rings is 1. The number of hydrogen-bond acceptors (Lipinski definition) is 6. The van der Waals surface area contributed by atoms with Gasteiger partial charge in [0.05, 0.1) is 19.3 Å². The number of rotatable bonds is 6. The van der Waals surface area contributed by atoms with E-state index in [0.29, 0.717) is 40.6 Å². The molecule has 0 aliphatic carbocycles. The molecule has 0 amide bonds. The normalized spacial score (nSPS) is 11.9. The second-order valence-corrected chi connectivity index (χ2v) is 6.91. The number of nitrogens with one attached hydrogen (secondary N) is 2. The lowest BCUT2D eigenvalue weighted by Gasteiger charge is -2.23. The zero-order valence-electron chi connectivity index (χ0n) is 17.2. The van der Waals surface area contributed by atoms with Crippen LogP contribution < -0.4 is 20.6 Å². The molecule has 1 unspecified atom stereocenters. The van der Waals surface area contributed by atoms with Crippen LogP contribution in [0.2, 0.25) is 0 Å². The molecule has 1 aromatic carbocycles. The second kappa shape index (κ2) is 8.36. The standard InChI is InChI=1S/C22H24N2O6/c1-5-30-16-7-6-13(9-17(16)29-4)20(19-12(3)24-18(27)10-15(19)26)21-14(25)8-11(2)23-22(21)28/h6-10,20H,5H2,1-4H3,(H2,23,25,28)(H2,24,26,27). The van der Waals surface area contributed by atoms with E-state index in [1.165, 1.54) is 13.2 Å². The van der Waals surface area contributed by atoms with Crippen molar-refractivity contribution in [2.75, 3.05) is 13.7 Å². The molecule has 8 heteroatoms. The van der Waals surface area contributed by atoms with Crippen LogP contribution in [0.3, 0.4) is 0 Å². The number of ether oxygens (including phenoxy) is 2. The largest absolute Gasteiger partial charge is 0.507 e. The molecular formula is C22H24N2O6. The quantitative estimate of drug-likeness (QED) is 0.493. The fraction of sp³-hybridized carbons (Fsp3) is 0.273. The Balaban J connectivity index is 2.36. The number of H-pyrrole nitrogens is 2. The van der Waals surface area contributed by atoms with Crippen molar-refractivity contribution < 1.29 is 19.7 Å². The van der Waals surface area contributed by atoms with Gasteiger partial charge in [-0.3, -0.25) is 9.59 Å². The summed E-state index contributed by atoms with van der Waals surface area (Å²) in [5, 5.41) is 21.2. The van der Waals surface area contributed by atoms with Gasteiger partial charge in [-0.25, -0.2) is 0 Å². The molecule has 0 saturated heterocycles. The number of aromatic amines is 2. The van der Waals surface area contributed by atoms with Gasteiger partial charge in [-0.05, 0) is 44.5 Å². The molecule has 0 radical (unpaired) electrons. The zero-order valence-corrected chi connectivity index (χ0v) is 17.2. The molecule has 0 aliphatic heterocycles. The van der Waals surface area contributed by atoms with Crippen LogP contribution in [0.25, 0.3) is 0 Å². The third-order valence-electron chi connectivity index (χ3n) is 4.84. The van der Waals surface area contributed by atoms with Gasteiger partial charge in [0.15, 0.2) is 11.5 Å². The average molecular weight is 412 g/mol. The molecule has 3 rings (SSSR count). The van der Waals surface area contributed by atoms with Gasteiger partial charge in [0, 0.05) is 28.9 Å². The SMILES string of the molecule is CCOc1ccc(C(c2c(O)cc(=O)[nH]c2C)c2c(O)cc(C)[nH]c2=O)cc1OC. The Morgan fingerprint density at radius 1 is 0.967 bits per heavy atom. The molecule has 2 heterocycles. The summed E-state index contributed by atoms with van der Waals surface area (Å²) < 4.78 is 11.0. The monoisotopic (exact) mass is 412 g/mol. The van der Waals surface area contributed by atoms with Crippen molar-refractivity contribution in [1.82, 2.24) is 9.97 Å². The lowest BCUT2D eigenvalue weighted by molar-refractivity contribution is 0.310. The van der Waals surface area contributed by atoms with E-state index in [2.05, 4.69) is 9.97 Å². The van der Waals surface area contributed by atoms with Crippen LogP contribution in [0.4, 0.5) is 0 Å². The summed E-state index contributed by atoms with van der Waals surface area (Å²) in [6.45, 7) is 5.57. The van der Waals surface area contributed by atoms with E-state index in [4.69, 9.17) is 9.47 Å². The van der Waals surface area contributed by atoms with Gasteiger partial charge in [0.2, 0.25) is 0 Å². The molecule has 2 aromatic heterocycles. The molecule has 3 aromatic rings. The van der Waals surface area contributed by atoms with E-state index in [9.17, 15) is 19.8 Å². The zero-order chi connectivity index (χ0) is 22.0. The summed E-state index contributed by atoms with van der Waals surface area (Å²) in [5.41, 5.74) is 0.784. The summed E-state index contributed by atoms with van der Waals surface area (Å²) in [5.74, 6) is -0.431. The van der Waals surface area contributed by atoms with E-state index in [-0.39, 0.29) is 17.1 Å². The first-order valence-corrected chi connectivity index (χ1v) is 9.43. The maximum atomic E-state index is 12.8. The van der Waals surface area contributed by atoms with Crippen molar-refractivity contribution in [3.63, 3.8) is 0 Å². The number of aromatic hydroxyl groups is 2. The highest BCUT2D eigenvalue weighted by Crippen LogP contribution is 2.42. The number of aryl methyl sites for hydroxylation is 2. The number of hydrogen-bond donors (Lipinski definition) is 4. The first-order valence-electron chi connectivity index (χ1n) is 9.43. The van der Waals surface area contributed by atoms with Crippen LogP contribution in [0, 0.1) is 13.8 Å². The molecule has 8 nitrogen and oxygen atoms in total. The predicted octanol–water partition coefficient (Wildman–Crippen LogP) is 2.68. The second-order valence-electron chi connectivity index (χ2n) is 6.91. The van der Waals surface area contributed by atoms with E-state index < -0.39 is 17.0 Å². The Bertz CT molecular complexity index is 1170. The van der Waals surface area contributed by atoms with Crippen LogP contribution in [0.15, 0.2) is 39.9 Å². The highest BCUT2D eigenvalue weighted by molar-refractivity contribution is 5.56. The van der Waals surface area contributed by atoms with E-state index in [1.807, 2.05) is 6.92 Å². The molecule has 0 spiro atoms. The highest BCUT2D eigenvalue weighted by Gasteiger charge is 2.29. The Kier molecular flexibility index (Phi) is 5.86. The summed E-state index contributed by atoms with van der Waals surface area (Å²) in [6.07, 6.45) is 0. The molecule has 0 fully saturated rings. The van der Waals surface area contributed by atoms with Gasteiger partial charge in [-0.1, -0.05) is 6.07 Å². The molecule has 0 saturated carbocycles. The van der Waals surface area contributed by atoms with Crippen molar-refractivity contribution >= 4 is 0 Å². The number of methoxy groups -OCH3 is 1. The predicted molar refractivity (Wildman–Crippen MR) is 112 cm³/mol. The van der Waals surface area contributed by atoms with E-state index in [0.717, 1.165) is 6.07 Å². The van der Waals surface area contributed by atoms with Crippen molar-refractivity contribution in [2.45, 2.75) is 26.7 Å². The molecule has 0 bridgehead atoms. The van der Waals surface area contributed by atoms with Crippen LogP contribution in [-0.2, 0) is 0 Å². The van der Waals surface area contributed by atoms with Crippen molar-refractivity contribution in [1.29, 1.82) is 0 Å². The number of pyridine rings is 2. The lowest BCUT2D eigenvalue weighted by atomic mass is 9.83. The first kappa shape index (κ1) is 21.0. The summed E-state index contributed by atoms with van der Waals surface area (Å²) in [7, 11) is 1.50. The van der Waals surface area contributed by atoms with Crippen LogP contribution in [0.5, 0.6) is 23.0 Å². The van der Waals surface area contributed by atoms with E-state index in [1.54, 1.807) is 32.0 Å². The smallest absolute Gasteiger partial charge is 0.256 e. The van der Waals surface area contributed by atoms with Gasteiger partial charge in [0.25, 0.3) is 11.1 Å². The first-order chi connectivity index (χ1) is 14.3. The number of aromatic nitrogens is 2. The molecule has 0 aliphatic rings. The molecule has 4 N–H and O–H groups in total. The van der Waals surface area contributed by atoms with Gasteiger partial charge in [-0.15, -0.1) is 0 Å². The van der Waals surface area contributed by atoms with Crippen molar-refractivity contribution in [2.24, 2.45) is 0 Å². The van der Waals surface area contributed by atoms with Gasteiger partial charge in [0.1, 0.15) is 11.5 Å². The average Bonchev–Trinajstić information content (AvgIpc) is 2.66. The van der Waals surface area contributed by atoms with Gasteiger partial charge >= 0.3 is 0 Å². The minimum atomic E-state index is -0.879. The summed E-state index contributed by atoms with van der Waals surface area (Å²) in [4.78, 5) is 30.0. The molecule has 158 valence electrons. The highest BCUT2D eigenvalue weighted by atomic mass is 16.5. The maximum Gasteiger partial charge on any atom is 0.256 e. The molecular weight excluding hydrogens is 388 g/mol. The Hall–Kier alpha value is -3.68. The summed E-state index contributed by atoms with van der Waals surface area (Å²) >= 11 is 0. The van der Waals surface area contributed by atoms with E-state index >= 15 is 0 Å². The van der Waals surface area contributed by atoms with Crippen molar-refractivity contribution in [3.05, 3.63) is 79.1 Å². The minimum absolute atomic E-state index is 0.0391. The topological polar surface area (TPSA) is 125 Å². The van der Waals surface area contributed by atoms with Crippen LogP contribution in [0.1, 0.15) is 40.9 Å². The Labute approximate surface area is 172 Å². The Morgan fingerprint density at radius 3 is 2.27 bits per heavy atom. The summed E-state index contributed by atoms with van der Waals surface area (Å²) in [6, 6.07) is 7.58.